The molecular weight excluding hydrogens is 442 g/mol. The molecule has 0 radical (unpaired) electrons. The van der Waals surface area contributed by atoms with Crippen LogP contribution in [0, 0.1) is 0 Å². The van der Waals surface area contributed by atoms with Gasteiger partial charge in [-0.05, 0) is 47.5 Å². The highest BCUT2D eigenvalue weighted by Gasteiger charge is 2.12. The summed E-state index contributed by atoms with van der Waals surface area (Å²) in [4.78, 5) is 30.0. The van der Waals surface area contributed by atoms with Crippen LogP contribution in [0.4, 0.5) is 0 Å². The Balaban J connectivity index is 1.28. The lowest BCUT2D eigenvalue weighted by Gasteiger charge is -2.10. The molecule has 0 bridgehead atoms. The average Bonchev–Trinajstić information content (AvgIpc) is 3.30. The first-order valence-electron chi connectivity index (χ1n) is 11.5. The molecule has 1 amide bonds. The third-order valence-corrected chi connectivity index (χ3v) is 5.88. The topological polar surface area (TPSA) is 91.0 Å². The summed E-state index contributed by atoms with van der Waals surface area (Å²) in [5.41, 5.74) is 1.95. The highest BCUT2D eigenvalue weighted by atomic mass is 16.5. The highest BCUT2D eigenvalue weighted by Crippen LogP contribution is 2.19. The number of benzene rings is 3. The van der Waals surface area contributed by atoms with E-state index in [-0.39, 0.29) is 11.5 Å². The Kier molecular flexibility index (Phi) is 6.26. The van der Waals surface area contributed by atoms with Gasteiger partial charge in [0, 0.05) is 12.1 Å². The van der Waals surface area contributed by atoms with Crippen LogP contribution < -0.4 is 15.6 Å². The van der Waals surface area contributed by atoms with Crippen molar-refractivity contribution in [2.45, 2.75) is 20.0 Å². The van der Waals surface area contributed by atoms with Crippen molar-refractivity contribution in [2.24, 2.45) is 0 Å². The van der Waals surface area contributed by atoms with Gasteiger partial charge in [0.15, 0.2) is 5.65 Å². The summed E-state index contributed by atoms with van der Waals surface area (Å²) in [5, 5.41) is 9.90. The van der Waals surface area contributed by atoms with E-state index in [1.165, 1.54) is 0 Å². The van der Waals surface area contributed by atoms with Crippen LogP contribution >= 0.6 is 0 Å². The number of carbonyl (C=O) groups is 1. The number of ether oxygens (including phenoxy) is 1. The predicted molar refractivity (Wildman–Crippen MR) is 135 cm³/mol. The van der Waals surface area contributed by atoms with Gasteiger partial charge in [0.25, 0.3) is 11.5 Å². The normalized spacial score (nSPS) is 11.1. The van der Waals surface area contributed by atoms with Gasteiger partial charge in [0.1, 0.15) is 17.5 Å². The zero-order chi connectivity index (χ0) is 24.2. The van der Waals surface area contributed by atoms with Gasteiger partial charge in [0.05, 0.1) is 25.9 Å². The fraction of sp³-hybridized carbons (Fsp3) is 0.185. The van der Waals surface area contributed by atoms with E-state index in [4.69, 9.17) is 4.74 Å². The summed E-state index contributed by atoms with van der Waals surface area (Å²) in [6, 6.07) is 21.2. The maximum Gasteiger partial charge on any atom is 0.264 e. The van der Waals surface area contributed by atoms with Crippen LogP contribution in [0.3, 0.4) is 0 Å². The second kappa shape index (κ2) is 9.80. The summed E-state index contributed by atoms with van der Waals surface area (Å²) in [6.45, 7) is 3.66. The molecule has 0 unspecified atom stereocenters. The molecule has 35 heavy (non-hydrogen) atoms. The van der Waals surface area contributed by atoms with E-state index >= 15 is 0 Å². The Morgan fingerprint density at radius 3 is 2.63 bits per heavy atom. The van der Waals surface area contributed by atoms with Gasteiger partial charge in [-0.1, -0.05) is 42.5 Å². The van der Waals surface area contributed by atoms with E-state index in [1.54, 1.807) is 46.0 Å². The van der Waals surface area contributed by atoms with Crippen LogP contribution in [0.5, 0.6) is 5.75 Å². The van der Waals surface area contributed by atoms with Crippen LogP contribution in [0.2, 0.25) is 0 Å². The smallest absolute Gasteiger partial charge is 0.264 e. The molecule has 3 aromatic carbocycles. The Hall–Kier alpha value is -4.46. The number of rotatable bonds is 8. The van der Waals surface area contributed by atoms with E-state index in [0.29, 0.717) is 42.8 Å². The zero-order valence-electron chi connectivity index (χ0n) is 19.3. The quantitative estimate of drug-likeness (QED) is 0.376. The van der Waals surface area contributed by atoms with E-state index < -0.39 is 0 Å². The van der Waals surface area contributed by atoms with Crippen LogP contribution in [0.1, 0.15) is 22.8 Å². The molecule has 0 aliphatic carbocycles. The van der Waals surface area contributed by atoms with Crippen molar-refractivity contribution in [3.05, 3.63) is 101 Å². The van der Waals surface area contributed by atoms with Gasteiger partial charge in [-0.3, -0.25) is 14.2 Å². The van der Waals surface area contributed by atoms with Crippen molar-refractivity contribution in [3.8, 4) is 5.75 Å². The van der Waals surface area contributed by atoms with Crippen molar-refractivity contribution in [1.82, 2.24) is 24.6 Å². The van der Waals surface area contributed by atoms with E-state index in [2.05, 4.69) is 33.6 Å². The summed E-state index contributed by atoms with van der Waals surface area (Å²) < 4.78 is 8.64. The van der Waals surface area contributed by atoms with E-state index in [0.717, 1.165) is 22.1 Å². The van der Waals surface area contributed by atoms with Gasteiger partial charge < -0.3 is 10.1 Å². The number of hydrogen-bond acceptors (Lipinski definition) is 5. The number of aromatic nitrogens is 4. The molecule has 1 N–H and O–H groups in total. The number of hydrogen-bond donors (Lipinski definition) is 1. The van der Waals surface area contributed by atoms with Crippen LogP contribution in [-0.2, 0) is 13.1 Å². The molecule has 8 heteroatoms. The molecule has 176 valence electrons. The fourth-order valence-electron chi connectivity index (χ4n) is 4.13. The van der Waals surface area contributed by atoms with E-state index in [9.17, 15) is 9.59 Å². The van der Waals surface area contributed by atoms with Crippen molar-refractivity contribution in [1.29, 1.82) is 0 Å². The number of fused-ring (bicyclic) bond motifs is 2. The largest absolute Gasteiger partial charge is 0.494 e. The van der Waals surface area contributed by atoms with Crippen LogP contribution in [0.15, 0.2) is 84.0 Å². The lowest BCUT2D eigenvalue weighted by molar-refractivity contribution is 0.0952. The third kappa shape index (κ3) is 4.63. The van der Waals surface area contributed by atoms with Gasteiger partial charge >= 0.3 is 0 Å². The Bertz CT molecular complexity index is 1550. The molecule has 2 aromatic heterocycles. The first-order valence-corrected chi connectivity index (χ1v) is 11.5. The van der Waals surface area contributed by atoms with Gasteiger partial charge in [-0.2, -0.15) is 5.10 Å². The molecule has 0 fully saturated rings. The van der Waals surface area contributed by atoms with Crippen molar-refractivity contribution in [3.63, 3.8) is 0 Å². The Morgan fingerprint density at radius 2 is 1.80 bits per heavy atom. The molecule has 8 nitrogen and oxygen atoms in total. The molecule has 0 atom stereocenters. The maximum absolute atomic E-state index is 13.1. The molecule has 0 aliphatic heterocycles. The molecular formula is C27H25N5O3. The summed E-state index contributed by atoms with van der Waals surface area (Å²) in [5.74, 6) is 0.541. The molecule has 5 aromatic rings. The number of nitrogens with zero attached hydrogens (tertiary/aromatic N) is 4. The van der Waals surface area contributed by atoms with E-state index in [1.807, 2.05) is 31.2 Å². The zero-order valence-corrected chi connectivity index (χ0v) is 19.3. The SMILES string of the molecule is CCOc1ccc(C(=O)NCCn2ncc3c(=O)n(Cc4cccc5ccccc45)cnc32)cc1. The van der Waals surface area contributed by atoms with Crippen LogP contribution in [-0.4, -0.2) is 38.4 Å². The highest BCUT2D eigenvalue weighted by molar-refractivity contribution is 5.94. The molecule has 2 heterocycles. The minimum Gasteiger partial charge on any atom is -0.494 e. The number of carbonyl (C=O) groups excluding carboxylic acids is 1. The summed E-state index contributed by atoms with van der Waals surface area (Å²) in [7, 11) is 0. The molecule has 0 saturated carbocycles. The summed E-state index contributed by atoms with van der Waals surface area (Å²) >= 11 is 0. The average molecular weight is 468 g/mol. The third-order valence-electron chi connectivity index (χ3n) is 5.88. The second-order valence-electron chi connectivity index (χ2n) is 8.13. The first-order chi connectivity index (χ1) is 17.1. The number of amides is 1. The Labute approximate surface area is 201 Å². The molecule has 5 rings (SSSR count). The lowest BCUT2D eigenvalue weighted by atomic mass is 10.0. The fourth-order valence-corrected chi connectivity index (χ4v) is 4.13. The summed E-state index contributed by atoms with van der Waals surface area (Å²) in [6.07, 6.45) is 3.10. The van der Waals surface area contributed by atoms with Gasteiger partial charge in [0.2, 0.25) is 0 Å². The Morgan fingerprint density at radius 1 is 1.00 bits per heavy atom. The van der Waals surface area contributed by atoms with Crippen molar-refractivity contribution >= 4 is 27.7 Å². The van der Waals surface area contributed by atoms with Crippen molar-refractivity contribution in [2.75, 3.05) is 13.2 Å². The maximum atomic E-state index is 13.1. The number of nitrogens with one attached hydrogen (secondary N) is 1. The van der Waals surface area contributed by atoms with Gasteiger partial charge in [-0.25, -0.2) is 9.67 Å². The second-order valence-corrected chi connectivity index (χ2v) is 8.13. The van der Waals surface area contributed by atoms with Crippen LogP contribution in [0.25, 0.3) is 21.8 Å². The lowest BCUT2D eigenvalue weighted by Crippen LogP contribution is -2.27. The van der Waals surface area contributed by atoms with Crippen molar-refractivity contribution < 1.29 is 9.53 Å². The first kappa shape index (κ1) is 22.3. The monoisotopic (exact) mass is 467 g/mol. The molecule has 0 aliphatic rings. The minimum atomic E-state index is -0.185. The predicted octanol–water partition coefficient (Wildman–Crippen LogP) is 3.62. The van der Waals surface area contributed by atoms with Gasteiger partial charge in [-0.15, -0.1) is 0 Å². The standard InChI is InChI=1S/C27H25N5O3/c1-2-35-22-12-10-20(11-13-22)26(33)28-14-15-32-25-24(16-30-32)27(34)31(18-29-25)17-21-8-5-7-19-6-3-4-9-23(19)21/h3-13,16,18H,2,14-15,17H2,1H3,(H,28,33). The molecule has 0 saturated heterocycles. The minimum absolute atomic E-state index is 0.146. The molecule has 0 spiro atoms.